The molecule has 0 fully saturated rings. The Bertz CT molecular complexity index is 567. The Morgan fingerprint density at radius 3 is 2.76 bits per heavy atom. The van der Waals surface area contributed by atoms with Crippen molar-refractivity contribution < 1.29 is 18.0 Å². The molecular weight excluding hydrogens is 283 g/mol. The van der Waals surface area contributed by atoms with Gasteiger partial charge in [-0.25, -0.2) is 4.98 Å². The summed E-state index contributed by atoms with van der Waals surface area (Å²) in [5.74, 6) is -0.409. The van der Waals surface area contributed by atoms with Crippen molar-refractivity contribution in [3.05, 3.63) is 40.7 Å². The molecule has 1 amide bonds. The fraction of sp³-hybridized carbons (Fsp3) is 0.429. The molecular formula is C14H16F3N3O. The van der Waals surface area contributed by atoms with E-state index in [2.05, 4.69) is 15.6 Å². The number of aromatic nitrogens is 1. The second kappa shape index (κ2) is 6.26. The summed E-state index contributed by atoms with van der Waals surface area (Å²) in [7, 11) is 0. The molecule has 0 atom stereocenters. The molecule has 0 saturated heterocycles. The topological polar surface area (TPSA) is 54.0 Å². The summed E-state index contributed by atoms with van der Waals surface area (Å²) in [6.07, 6.45) is -1.65. The van der Waals surface area contributed by atoms with E-state index in [0.29, 0.717) is 6.54 Å². The van der Waals surface area contributed by atoms with Crippen LogP contribution in [0.3, 0.4) is 0 Å². The first-order valence-electron chi connectivity index (χ1n) is 6.59. The lowest BCUT2D eigenvalue weighted by molar-refractivity contribution is -0.141. The Kier molecular flexibility index (Phi) is 4.62. The maximum absolute atomic E-state index is 12.5. The van der Waals surface area contributed by atoms with Gasteiger partial charge >= 0.3 is 6.18 Å². The molecule has 114 valence electrons. The molecule has 1 aromatic rings. The first kappa shape index (κ1) is 15.5. The molecule has 2 N–H and O–H groups in total. The van der Waals surface area contributed by atoms with Gasteiger partial charge in [0.2, 0.25) is 0 Å². The van der Waals surface area contributed by atoms with E-state index in [1.807, 2.05) is 6.08 Å². The minimum Gasteiger partial charge on any atom is -0.348 e. The average Bonchev–Trinajstić information content (AvgIpc) is 2.45. The molecule has 0 spiro atoms. The van der Waals surface area contributed by atoms with Crippen LogP contribution < -0.4 is 10.6 Å². The lowest BCUT2D eigenvalue weighted by Crippen LogP contribution is -2.30. The Morgan fingerprint density at radius 2 is 2.19 bits per heavy atom. The molecule has 4 nitrogen and oxygen atoms in total. The van der Waals surface area contributed by atoms with Crippen LogP contribution in [0.4, 0.5) is 13.2 Å². The molecule has 0 bridgehead atoms. The number of pyridine rings is 1. The van der Waals surface area contributed by atoms with Crippen molar-refractivity contribution in [2.24, 2.45) is 0 Å². The van der Waals surface area contributed by atoms with E-state index in [0.717, 1.165) is 37.2 Å². The maximum Gasteiger partial charge on any atom is 0.433 e. The van der Waals surface area contributed by atoms with Crippen LogP contribution in [-0.4, -0.2) is 30.5 Å². The number of carbonyl (C=O) groups excluding carboxylic acids is 1. The third-order valence-electron chi connectivity index (χ3n) is 3.25. The van der Waals surface area contributed by atoms with E-state index in [4.69, 9.17) is 0 Å². The lowest BCUT2D eigenvalue weighted by Gasteiger charge is -2.15. The number of nitrogens with one attached hydrogen (secondary N) is 2. The Balaban J connectivity index is 2.04. The number of alkyl halides is 3. The van der Waals surface area contributed by atoms with Crippen LogP contribution in [0.25, 0.3) is 0 Å². The Hall–Kier alpha value is -1.89. The predicted molar refractivity (Wildman–Crippen MR) is 71.9 cm³/mol. The van der Waals surface area contributed by atoms with Gasteiger partial charge in [0.25, 0.3) is 5.91 Å². The van der Waals surface area contributed by atoms with Crippen LogP contribution in [0, 0.1) is 6.92 Å². The highest BCUT2D eigenvalue weighted by Gasteiger charge is 2.33. The zero-order valence-electron chi connectivity index (χ0n) is 11.5. The standard InChI is InChI=1S/C14H16F3N3O/c1-9-11(2-3-12(20-9)14(15,16)17)13(21)19-8-10-4-6-18-7-5-10/h2-4,18H,5-8H2,1H3,(H,19,21). The van der Waals surface area contributed by atoms with Crippen molar-refractivity contribution in [1.82, 2.24) is 15.6 Å². The minimum atomic E-state index is -4.50. The van der Waals surface area contributed by atoms with Crippen LogP contribution in [0.5, 0.6) is 0 Å². The van der Waals surface area contributed by atoms with E-state index in [-0.39, 0.29) is 11.3 Å². The molecule has 1 aromatic heterocycles. The fourth-order valence-electron chi connectivity index (χ4n) is 2.08. The summed E-state index contributed by atoms with van der Waals surface area (Å²) in [5.41, 5.74) is 0.358. The average molecular weight is 299 g/mol. The highest BCUT2D eigenvalue weighted by molar-refractivity contribution is 5.95. The highest BCUT2D eigenvalue weighted by Crippen LogP contribution is 2.28. The number of rotatable bonds is 3. The van der Waals surface area contributed by atoms with Crippen molar-refractivity contribution in [3.63, 3.8) is 0 Å². The number of nitrogens with zero attached hydrogens (tertiary/aromatic N) is 1. The molecule has 7 heteroatoms. The number of hydrogen-bond acceptors (Lipinski definition) is 3. The molecule has 1 aliphatic heterocycles. The van der Waals surface area contributed by atoms with E-state index in [9.17, 15) is 18.0 Å². The third kappa shape index (κ3) is 4.04. The Labute approximate surface area is 120 Å². The first-order chi connectivity index (χ1) is 9.88. The molecule has 0 aliphatic carbocycles. The normalized spacial score (nSPS) is 15.5. The molecule has 2 rings (SSSR count). The van der Waals surface area contributed by atoms with E-state index < -0.39 is 17.8 Å². The molecule has 0 saturated carbocycles. The van der Waals surface area contributed by atoms with Crippen molar-refractivity contribution in [2.45, 2.75) is 19.5 Å². The van der Waals surface area contributed by atoms with Crippen LogP contribution in [0.2, 0.25) is 0 Å². The number of amides is 1. The lowest BCUT2D eigenvalue weighted by atomic mass is 10.1. The van der Waals surface area contributed by atoms with Gasteiger partial charge in [-0.05, 0) is 32.0 Å². The molecule has 0 unspecified atom stereocenters. The van der Waals surface area contributed by atoms with E-state index in [1.54, 1.807) is 0 Å². The molecule has 1 aliphatic rings. The fourth-order valence-corrected chi connectivity index (χ4v) is 2.08. The van der Waals surface area contributed by atoms with Gasteiger partial charge < -0.3 is 10.6 Å². The molecule has 21 heavy (non-hydrogen) atoms. The molecule has 0 aromatic carbocycles. The minimum absolute atomic E-state index is 0.0709. The second-order valence-electron chi connectivity index (χ2n) is 4.83. The summed E-state index contributed by atoms with van der Waals surface area (Å²) in [6, 6.07) is 1.99. The van der Waals surface area contributed by atoms with Crippen LogP contribution in [-0.2, 0) is 6.18 Å². The van der Waals surface area contributed by atoms with Crippen LogP contribution >= 0.6 is 0 Å². The van der Waals surface area contributed by atoms with E-state index >= 15 is 0 Å². The smallest absolute Gasteiger partial charge is 0.348 e. The van der Waals surface area contributed by atoms with Gasteiger partial charge in [-0.15, -0.1) is 0 Å². The number of aryl methyl sites for hydroxylation is 1. The van der Waals surface area contributed by atoms with Gasteiger partial charge in [-0.1, -0.05) is 11.6 Å². The van der Waals surface area contributed by atoms with Gasteiger partial charge in [0.15, 0.2) is 0 Å². The van der Waals surface area contributed by atoms with Crippen molar-refractivity contribution in [3.8, 4) is 0 Å². The summed E-state index contributed by atoms with van der Waals surface area (Å²) >= 11 is 0. The molecule has 2 heterocycles. The first-order valence-corrected chi connectivity index (χ1v) is 6.59. The van der Waals surface area contributed by atoms with Gasteiger partial charge in [0.1, 0.15) is 5.69 Å². The zero-order valence-corrected chi connectivity index (χ0v) is 11.5. The summed E-state index contributed by atoms with van der Waals surface area (Å²) in [4.78, 5) is 15.4. The predicted octanol–water partition coefficient (Wildman–Crippen LogP) is 2.06. The largest absolute Gasteiger partial charge is 0.433 e. The van der Waals surface area contributed by atoms with Crippen molar-refractivity contribution in [1.29, 1.82) is 0 Å². The Morgan fingerprint density at radius 1 is 1.43 bits per heavy atom. The second-order valence-corrected chi connectivity index (χ2v) is 4.83. The quantitative estimate of drug-likeness (QED) is 0.840. The highest BCUT2D eigenvalue weighted by atomic mass is 19.4. The maximum atomic E-state index is 12.5. The van der Waals surface area contributed by atoms with Crippen molar-refractivity contribution in [2.75, 3.05) is 19.6 Å². The van der Waals surface area contributed by atoms with Crippen LogP contribution in [0.15, 0.2) is 23.8 Å². The van der Waals surface area contributed by atoms with E-state index in [1.165, 1.54) is 6.92 Å². The number of carbonyl (C=O) groups is 1. The van der Waals surface area contributed by atoms with Crippen LogP contribution in [0.1, 0.15) is 28.2 Å². The van der Waals surface area contributed by atoms with Gasteiger partial charge in [-0.2, -0.15) is 13.2 Å². The van der Waals surface area contributed by atoms with Gasteiger partial charge in [0.05, 0.1) is 11.3 Å². The summed E-state index contributed by atoms with van der Waals surface area (Å²) < 4.78 is 37.5. The molecule has 0 radical (unpaired) electrons. The number of hydrogen-bond donors (Lipinski definition) is 2. The van der Waals surface area contributed by atoms with Crippen molar-refractivity contribution >= 4 is 5.91 Å². The zero-order chi connectivity index (χ0) is 15.5. The summed E-state index contributed by atoms with van der Waals surface area (Å²) in [5, 5.41) is 5.87. The number of halogens is 3. The van der Waals surface area contributed by atoms with Gasteiger partial charge in [-0.3, -0.25) is 4.79 Å². The van der Waals surface area contributed by atoms with Gasteiger partial charge in [0, 0.05) is 13.1 Å². The third-order valence-corrected chi connectivity index (χ3v) is 3.25. The SMILES string of the molecule is Cc1nc(C(F)(F)F)ccc1C(=O)NCC1=CCNCC1. The monoisotopic (exact) mass is 299 g/mol. The summed E-state index contributed by atoms with van der Waals surface area (Å²) in [6.45, 7) is 3.43.